The zero-order chi connectivity index (χ0) is 15.7. The third-order valence-electron chi connectivity index (χ3n) is 2.38. The SMILES string of the molecule is COCCNC(=O)[C@H](C)OC(=O)CSCc1ccc(Cl)s1. The molecular formula is C13H18ClNO4S2. The Kier molecular flexibility index (Phi) is 8.75. The predicted molar refractivity (Wildman–Crippen MR) is 85.9 cm³/mol. The van der Waals surface area contributed by atoms with Gasteiger partial charge in [0.2, 0.25) is 0 Å². The van der Waals surface area contributed by atoms with Crippen LogP contribution in [0.1, 0.15) is 11.8 Å². The van der Waals surface area contributed by atoms with Crippen LogP contribution in [0.2, 0.25) is 4.34 Å². The normalized spacial score (nSPS) is 12.0. The van der Waals surface area contributed by atoms with E-state index in [-0.39, 0.29) is 11.7 Å². The van der Waals surface area contributed by atoms with Gasteiger partial charge in [-0.2, -0.15) is 0 Å². The lowest BCUT2D eigenvalue weighted by molar-refractivity contribution is -0.152. The molecule has 0 bridgehead atoms. The highest BCUT2D eigenvalue weighted by atomic mass is 35.5. The summed E-state index contributed by atoms with van der Waals surface area (Å²) in [5.41, 5.74) is 0. The molecule has 1 aromatic heterocycles. The minimum atomic E-state index is -0.800. The maximum Gasteiger partial charge on any atom is 0.316 e. The number of thiophene rings is 1. The molecule has 0 aliphatic rings. The first-order chi connectivity index (χ1) is 10.0. The number of halogens is 1. The number of carbonyl (C=O) groups excluding carboxylic acids is 2. The molecule has 0 saturated heterocycles. The van der Waals surface area contributed by atoms with Crippen LogP contribution < -0.4 is 5.32 Å². The molecule has 0 aliphatic carbocycles. The van der Waals surface area contributed by atoms with Crippen LogP contribution in [0, 0.1) is 0 Å². The number of ether oxygens (including phenoxy) is 2. The molecule has 21 heavy (non-hydrogen) atoms. The van der Waals surface area contributed by atoms with E-state index >= 15 is 0 Å². The van der Waals surface area contributed by atoms with Crippen molar-refractivity contribution in [1.82, 2.24) is 5.32 Å². The minimum Gasteiger partial charge on any atom is -0.452 e. The molecule has 0 aliphatic heterocycles. The molecular weight excluding hydrogens is 334 g/mol. The van der Waals surface area contributed by atoms with Crippen LogP contribution in [-0.4, -0.2) is 44.0 Å². The van der Waals surface area contributed by atoms with Gasteiger partial charge in [0, 0.05) is 24.3 Å². The Hall–Kier alpha value is -0.760. The molecule has 1 rings (SSSR count). The lowest BCUT2D eigenvalue weighted by atomic mass is 10.4. The molecule has 1 N–H and O–H groups in total. The number of methoxy groups -OCH3 is 1. The summed E-state index contributed by atoms with van der Waals surface area (Å²) in [7, 11) is 1.55. The van der Waals surface area contributed by atoms with Gasteiger partial charge in [-0.3, -0.25) is 9.59 Å². The van der Waals surface area contributed by atoms with Gasteiger partial charge >= 0.3 is 5.97 Å². The van der Waals surface area contributed by atoms with E-state index in [1.807, 2.05) is 12.1 Å². The van der Waals surface area contributed by atoms with Crippen molar-refractivity contribution in [1.29, 1.82) is 0 Å². The molecule has 1 aromatic rings. The average molecular weight is 352 g/mol. The molecule has 8 heteroatoms. The number of thioether (sulfide) groups is 1. The van der Waals surface area contributed by atoms with Gasteiger partial charge < -0.3 is 14.8 Å². The van der Waals surface area contributed by atoms with Gasteiger partial charge in [-0.15, -0.1) is 23.1 Å². The Bertz CT molecular complexity index is 467. The van der Waals surface area contributed by atoms with E-state index < -0.39 is 12.1 Å². The maximum absolute atomic E-state index is 11.6. The largest absolute Gasteiger partial charge is 0.452 e. The summed E-state index contributed by atoms with van der Waals surface area (Å²) in [4.78, 5) is 24.3. The van der Waals surface area contributed by atoms with Crippen LogP contribution in [0.25, 0.3) is 0 Å². The summed E-state index contributed by atoms with van der Waals surface area (Å²) >= 11 is 8.74. The Morgan fingerprint density at radius 2 is 2.24 bits per heavy atom. The number of carbonyl (C=O) groups is 2. The lowest BCUT2D eigenvalue weighted by Crippen LogP contribution is -2.37. The third kappa shape index (κ3) is 7.71. The molecule has 0 spiro atoms. The zero-order valence-corrected chi connectivity index (χ0v) is 14.3. The molecule has 5 nitrogen and oxygen atoms in total. The fourth-order valence-corrected chi connectivity index (χ4v) is 3.37. The summed E-state index contributed by atoms with van der Waals surface area (Å²) in [6, 6.07) is 3.75. The number of esters is 1. The third-order valence-corrected chi connectivity index (χ3v) is 4.74. The van der Waals surface area contributed by atoms with Crippen LogP contribution in [0.5, 0.6) is 0 Å². The van der Waals surface area contributed by atoms with E-state index in [2.05, 4.69) is 5.32 Å². The van der Waals surface area contributed by atoms with Crippen molar-refractivity contribution in [3.63, 3.8) is 0 Å². The summed E-state index contributed by atoms with van der Waals surface area (Å²) in [5, 5.41) is 2.61. The topological polar surface area (TPSA) is 64.6 Å². The van der Waals surface area contributed by atoms with Gasteiger partial charge in [-0.1, -0.05) is 11.6 Å². The van der Waals surface area contributed by atoms with Crippen molar-refractivity contribution < 1.29 is 19.1 Å². The number of amides is 1. The fourth-order valence-electron chi connectivity index (χ4n) is 1.37. The maximum atomic E-state index is 11.6. The Morgan fingerprint density at radius 3 is 2.86 bits per heavy atom. The lowest BCUT2D eigenvalue weighted by Gasteiger charge is -2.13. The van der Waals surface area contributed by atoms with E-state index in [1.165, 1.54) is 23.1 Å². The highest BCUT2D eigenvalue weighted by Crippen LogP contribution is 2.25. The highest BCUT2D eigenvalue weighted by Gasteiger charge is 2.17. The van der Waals surface area contributed by atoms with Gasteiger partial charge in [-0.25, -0.2) is 0 Å². The smallest absolute Gasteiger partial charge is 0.316 e. The van der Waals surface area contributed by atoms with Crippen LogP contribution in [0.3, 0.4) is 0 Å². The number of hydrogen-bond donors (Lipinski definition) is 1. The van der Waals surface area contributed by atoms with Crippen molar-refractivity contribution in [3.05, 3.63) is 21.3 Å². The molecule has 0 aromatic carbocycles. The quantitative estimate of drug-likeness (QED) is 0.546. The first-order valence-corrected chi connectivity index (χ1v) is 8.66. The van der Waals surface area contributed by atoms with Crippen molar-refractivity contribution >= 4 is 46.6 Å². The summed E-state index contributed by atoms with van der Waals surface area (Å²) in [6.07, 6.45) is -0.800. The number of hydrogen-bond acceptors (Lipinski definition) is 6. The van der Waals surface area contributed by atoms with Gasteiger partial charge in [0.15, 0.2) is 6.10 Å². The monoisotopic (exact) mass is 351 g/mol. The standard InChI is InChI=1S/C13H18ClNO4S2/c1-9(13(17)15-5-6-18-2)19-12(16)8-20-7-10-3-4-11(14)21-10/h3-4,9H,5-8H2,1-2H3,(H,15,17)/t9-/m0/s1. The van der Waals surface area contributed by atoms with E-state index in [1.54, 1.807) is 14.0 Å². The summed E-state index contributed by atoms with van der Waals surface area (Å²) in [6.45, 7) is 2.36. The van der Waals surface area contributed by atoms with E-state index in [4.69, 9.17) is 21.1 Å². The van der Waals surface area contributed by atoms with Crippen molar-refractivity contribution in [2.24, 2.45) is 0 Å². The fraction of sp³-hybridized carbons (Fsp3) is 0.538. The molecule has 0 fully saturated rings. The second-order valence-corrected chi connectivity index (χ2v) is 6.90. The average Bonchev–Trinajstić information content (AvgIpc) is 2.84. The van der Waals surface area contributed by atoms with Crippen molar-refractivity contribution in [2.45, 2.75) is 18.8 Å². The van der Waals surface area contributed by atoms with E-state index in [0.717, 1.165) is 9.21 Å². The van der Waals surface area contributed by atoms with Gasteiger partial charge in [0.25, 0.3) is 5.91 Å². The first-order valence-electron chi connectivity index (χ1n) is 6.31. The minimum absolute atomic E-state index is 0.200. The first kappa shape index (κ1) is 18.3. The van der Waals surface area contributed by atoms with Gasteiger partial charge in [-0.05, 0) is 19.1 Å². The Morgan fingerprint density at radius 1 is 1.48 bits per heavy atom. The predicted octanol–water partition coefficient (Wildman–Crippen LogP) is 2.33. The van der Waals surface area contributed by atoms with Crippen LogP contribution in [-0.2, 0) is 24.8 Å². The van der Waals surface area contributed by atoms with Gasteiger partial charge in [0.1, 0.15) is 0 Å². The number of rotatable bonds is 9. The molecule has 1 heterocycles. The highest BCUT2D eigenvalue weighted by molar-refractivity contribution is 7.99. The molecule has 0 unspecified atom stereocenters. The van der Waals surface area contributed by atoms with Crippen LogP contribution in [0.4, 0.5) is 0 Å². The van der Waals surface area contributed by atoms with Crippen molar-refractivity contribution in [3.8, 4) is 0 Å². The second-order valence-electron chi connectivity index (χ2n) is 4.11. The Labute approximate surface area is 137 Å². The molecule has 1 atom stereocenters. The van der Waals surface area contributed by atoms with Gasteiger partial charge in [0.05, 0.1) is 16.7 Å². The molecule has 118 valence electrons. The molecule has 1 amide bonds. The second kappa shape index (κ2) is 10.0. The summed E-state index contributed by atoms with van der Waals surface area (Å²) in [5.74, 6) is 0.166. The number of nitrogens with one attached hydrogen (secondary N) is 1. The van der Waals surface area contributed by atoms with Crippen LogP contribution >= 0.6 is 34.7 Å². The zero-order valence-electron chi connectivity index (χ0n) is 11.9. The summed E-state index contributed by atoms with van der Waals surface area (Å²) < 4.78 is 10.6. The molecule has 0 saturated carbocycles. The molecule has 0 radical (unpaired) electrons. The Balaban J connectivity index is 2.18. The van der Waals surface area contributed by atoms with Crippen molar-refractivity contribution in [2.75, 3.05) is 26.0 Å². The van der Waals surface area contributed by atoms with E-state index in [9.17, 15) is 9.59 Å². The van der Waals surface area contributed by atoms with Crippen LogP contribution in [0.15, 0.2) is 12.1 Å². The van der Waals surface area contributed by atoms with E-state index in [0.29, 0.717) is 18.9 Å².